The van der Waals surface area contributed by atoms with E-state index in [-0.39, 0.29) is 12.7 Å². The summed E-state index contributed by atoms with van der Waals surface area (Å²) in [4.78, 5) is 10.8. The van der Waals surface area contributed by atoms with Crippen LogP contribution in [0.5, 0.6) is 0 Å². The molecule has 11 heavy (non-hydrogen) atoms. The first kappa shape index (κ1) is 11.1. The van der Waals surface area contributed by atoms with Crippen LogP contribution in [0.15, 0.2) is 0 Å². The van der Waals surface area contributed by atoms with E-state index >= 15 is 0 Å². The van der Waals surface area contributed by atoms with Crippen molar-refractivity contribution >= 4 is 7.82 Å². The number of phosphoric acid groups is 1. The van der Waals surface area contributed by atoms with Crippen LogP contribution in [0.2, 0.25) is 0 Å². The van der Waals surface area contributed by atoms with Gasteiger partial charge in [0, 0.05) is 0 Å². The van der Waals surface area contributed by atoms with Gasteiger partial charge in [0.2, 0.25) is 0 Å². The Labute approximate surface area is 67.1 Å². The van der Waals surface area contributed by atoms with E-state index < -0.39 is 7.82 Å². The molecule has 0 saturated carbocycles. The van der Waals surface area contributed by atoms with E-state index in [1.165, 1.54) is 0 Å². The molecule has 0 aliphatic heterocycles. The summed E-state index contributed by atoms with van der Waals surface area (Å²) in [5, 5.41) is 0. The maximum Gasteiger partial charge on any atom is 0.268 e. The van der Waals surface area contributed by atoms with Crippen molar-refractivity contribution in [2.24, 2.45) is 0 Å². The average molecular weight is 181 g/mol. The van der Waals surface area contributed by atoms with Crippen molar-refractivity contribution in [2.45, 2.75) is 33.3 Å². The summed E-state index contributed by atoms with van der Waals surface area (Å²) in [6, 6.07) is 0. The van der Waals surface area contributed by atoms with Crippen molar-refractivity contribution in [1.29, 1.82) is 0 Å². The van der Waals surface area contributed by atoms with Crippen molar-refractivity contribution in [1.82, 2.24) is 0 Å². The van der Waals surface area contributed by atoms with Crippen LogP contribution in [0.25, 0.3) is 0 Å². The quantitative estimate of drug-likeness (QED) is 0.600. The van der Waals surface area contributed by atoms with Gasteiger partial charge in [-0.2, -0.15) is 0 Å². The molecule has 1 atom stereocenters. The maximum atomic E-state index is 10.8. The first-order valence-corrected chi connectivity index (χ1v) is 5.08. The molecular weight excluding hydrogens is 167 g/mol. The fraction of sp³-hybridized carbons (Fsp3) is 1.00. The van der Waals surface area contributed by atoms with Gasteiger partial charge < -0.3 is 13.9 Å². The number of phosphoric ester groups is 1. The molecular formula is C6H14O4P-. The second-order valence-corrected chi connectivity index (χ2v) is 3.80. The predicted molar refractivity (Wildman–Crippen MR) is 40.1 cm³/mol. The summed E-state index contributed by atoms with van der Waals surface area (Å²) in [5.74, 6) is 0. The van der Waals surface area contributed by atoms with Gasteiger partial charge in [-0.3, -0.25) is 4.57 Å². The van der Waals surface area contributed by atoms with E-state index in [1.807, 2.05) is 6.92 Å². The second-order valence-electron chi connectivity index (χ2n) is 2.43. The fourth-order valence-corrected chi connectivity index (χ4v) is 1.48. The lowest BCUT2D eigenvalue weighted by Gasteiger charge is -2.24. The number of rotatable bonds is 5. The third kappa shape index (κ3) is 6.51. The smallest absolute Gasteiger partial charge is 0.268 e. The van der Waals surface area contributed by atoms with E-state index in [1.54, 1.807) is 13.8 Å². The molecule has 0 rings (SSSR count). The van der Waals surface area contributed by atoms with Crippen molar-refractivity contribution < 1.29 is 18.5 Å². The van der Waals surface area contributed by atoms with Gasteiger partial charge in [-0.15, -0.1) is 0 Å². The lowest BCUT2D eigenvalue weighted by Crippen LogP contribution is -2.12. The third-order valence-electron chi connectivity index (χ3n) is 0.793. The van der Waals surface area contributed by atoms with Crippen molar-refractivity contribution in [3.05, 3.63) is 0 Å². The van der Waals surface area contributed by atoms with Gasteiger partial charge in [0.05, 0.1) is 12.7 Å². The molecule has 0 aromatic heterocycles. The van der Waals surface area contributed by atoms with Crippen molar-refractivity contribution in [2.75, 3.05) is 6.61 Å². The van der Waals surface area contributed by atoms with Crippen LogP contribution < -0.4 is 4.89 Å². The SMILES string of the molecule is CCCOP(=O)([O-])OC(C)C. The molecule has 0 aromatic carbocycles. The van der Waals surface area contributed by atoms with E-state index in [4.69, 9.17) is 0 Å². The summed E-state index contributed by atoms with van der Waals surface area (Å²) in [6.07, 6.45) is 0.309. The zero-order valence-electron chi connectivity index (χ0n) is 7.07. The molecule has 0 fully saturated rings. The molecule has 0 aliphatic carbocycles. The second kappa shape index (κ2) is 4.88. The molecule has 68 valence electrons. The molecule has 0 saturated heterocycles. The zero-order valence-corrected chi connectivity index (χ0v) is 7.97. The van der Waals surface area contributed by atoms with Crippen LogP contribution in [0.1, 0.15) is 27.2 Å². The highest BCUT2D eigenvalue weighted by Gasteiger charge is 2.09. The highest BCUT2D eigenvalue weighted by atomic mass is 31.2. The minimum atomic E-state index is -4.02. The van der Waals surface area contributed by atoms with Crippen LogP contribution in [0.3, 0.4) is 0 Å². The standard InChI is InChI=1S/C6H15O4P/c1-4-5-9-11(7,8)10-6(2)3/h6H,4-5H2,1-3H3,(H,7,8)/p-1. The maximum absolute atomic E-state index is 10.8. The Morgan fingerprint density at radius 1 is 1.55 bits per heavy atom. The van der Waals surface area contributed by atoms with Gasteiger partial charge in [-0.05, 0) is 20.3 Å². The van der Waals surface area contributed by atoms with Crippen LogP contribution in [-0.2, 0) is 13.6 Å². The highest BCUT2D eigenvalue weighted by molar-refractivity contribution is 7.45. The van der Waals surface area contributed by atoms with Gasteiger partial charge in [0.1, 0.15) is 0 Å². The minimum absolute atomic E-state index is 0.188. The van der Waals surface area contributed by atoms with Gasteiger partial charge in [0.25, 0.3) is 7.82 Å². The Hall–Kier alpha value is 0.110. The molecule has 4 nitrogen and oxygen atoms in total. The van der Waals surface area contributed by atoms with Gasteiger partial charge in [-0.25, -0.2) is 0 Å². The van der Waals surface area contributed by atoms with Gasteiger partial charge in [-0.1, -0.05) is 6.92 Å². The Bertz CT molecular complexity index is 146. The lowest BCUT2D eigenvalue weighted by molar-refractivity contribution is -0.228. The Kier molecular flexibility index (Phi) is 4.93. The normalized spacial score (nSPS) is 16.8. The van der Waals surface area contributed by atoms with E-state index in [9.17, 15) is 9.46 Å². The van der Waals surface area contributed by atoms with Crippen molar-refractivity contribution in [3.63, 3.8) is 0 Å². The highest BCUT2D eigenvalue weighted by Crippen LogP contribution is 2.39. The summed E-state index contributed by atoms with van der Waals surface area (Å²) in [6.45, 7) is 5.29. The van der Waals surface area contributed by atoms with E-state index in [2.05, 4.69) is 9.05 Å². The number of hydrogen-bond acceptors (Lipinski definition) is 4. The van der Waals surface area contributed by atoms with Gasteiger partial charge >= 0.3 is 0 Å². The Morgan fingerprint density at radius 3 is 2.45 bits per heavy atom. The molecule has 0 aromatic rings. The fourth-order valence-electron chi connectivity index (χ4n) is 0.492. The van der Waals surface area contributed by atoms with Crippen LogP contribution in [0, 0.1) is 0 Å². The molecule has 0 spiro atoms. The molecule has 1 unspecified atom stereocenters. The average Bonchev–Trinajstić information content (AvgIpc) is 1.81. The number of hydrogen-bond donors (Lipinski definition) is 0. The van der Waals surface area contributed by atoms with Crippen LogP contribution in [-0.4, -0.2) is 12.7 Å². The summed E-state index contributed by atoms with van der Waals surface area (Å²) >= 11 is 0. The van der Waals surface area contributed by atoms with Crippen LogP contribution in [0.4, 0.5) is 0 Å². The van der Waals surface area contributed by atoms with Crippen LogP contribution >= 0.6 is 7.82 Å². The summed E-state index contributed by atoms with van der Waals surface area (Å²) < 4.78 is 19.8. The molecule has 0 aliphatic rings. The molecule has 0 bridgehead atoms. The topological polar surface area (TPSA) is 58.6 Å². The Balaban J connectivity index is 3.71. The van der Waals surface area contributed by atoms with E-state index in [0.29, 0.717) is 6.42 Å². The molecule has 0 N–H and O–H groups in total. The largest absolute Gasteiger partial charge is 0.756 e. The molecule has 0 amide bonds. The lowest BCUT2D eigenvalue weighted by atomic mass is 10.5. The monoisotopic (exact) mass is 181 g/mol. The molecule has 5 heteroatoms. The zero-order chi connectivity index (χ0) is 8.91. The van der Waals surface area contributed by atoms with Gasteiger partial charge in [0.15, 0.2) is 0 Å². The predicted octanol–water partition coefficient (Wildman–Crippen LogP) is 1.31. The third-order valence-corrected chi connectivity index (χ3v) is 1.97. The summed E-state index contributed by atoms with van der Waals surface area (Å²) in [7, 11) is -4.02. The summed E-state index contributed by atoms with van der Waals surface area (Å²) in [5.41, 5.74) is 0. The minimum Gasteiger partial charge on any atom is -0.756 e. The first-order chi connectivity index (χ1) is 4.98. The van der Waals surface area contributed by atoms with Crippen molar-refractivity contribution in [3.8, 4) is 0 Å². The molecule has 0 heterocycles. The first-order valence-electron chi connectivity index (χ1n) is 3.62. The molecule has 0 radical (unpaired) electrons. The van der Waals surface area contributed by atoms with E-state index in [0.717, 1.165) is 0 Å². The Morgan fingerprint density at radius 2 is 2.09 bits per heavy atom.